The molecule has 0 amide bonds. The van der Waals surface area contributed by atoms with E-state index in [1.54, 1.807) is 313 Å². The van der Waals surface area contributed by atoms with Gasteiger partial charge in [-0.2, -0.15) is 20.1 Å². The van der Waals surface area contributed by atoms with E-state index in [0.717, 1.165) is 12.1 Å². The number of anilines is 3. The molecule has 1 atom stereocenters. The lowest BCUT2D eigenvalue weighted by molar-refractivity contribution is 0.271. The monoisotopic (exact) mass is 1030 g/mol. The Kier molecular flexibility index (Phi) is 3.29. The number of hydrogen-bond donors (Lipinski definition) is 3. The van der Waals surface area contributed by atoms with Gasteiger partial charge in [-0.05, 0) is 331 Å². The Bertz CT molecular complexity index is 7890. The highest BCUT2D eigenvalue weighted by atomic mass is 15.4. The van der Waals surface area contributed by atoms with Gasteiger partial charge in [-0.15, -0.1) is 0 Å². The average Bonchev–Trinajstić information content (AvgIpc) is 1.39. The maximum absolute atomic E-state index is 4.73. The molecule has 2 spiro atoms. The third-order valence-electron chi connectivity index (χ3n) is 27.6. The molecular formula is C75H20N8. The number of nitrogens with zero attached hydrogens (tertiary/aromatic N) is 5. The molecule has 3 N–H and O–H groups in total. The summed E-state index contributed by atoms with van der Waals surface area (Å²) in [5.41, 5.74) is 11.7. The van der Waals surface area contributed by atoms with E-state index in [2.05, 4.69) is 67.2 Å². The molecule has 2 heterocycles. The Labute approximate surface area is 455 Å². The molecule has 29 aromatic carbocycles. The van der Waals surface area contributed by atoms with Crippen molar-refractivity contribution in [3.63, 3.8) is 0 Å². The Morgan fingerprint density at radius 1 is 0.349 bits per heavy atom. The quantitative estimate of drug-likeness (QED) is 0.0868. The molecule has 83 heavy (non-hydrogen) atoms. The molecule has 4 aliphatic carbocycles. The highest BCUT2D eigenvalue weighted by Gasteiger charge is 2.75. The number of rotatable bonds is 6. The first kappa shape index (κ1) is 33.5. The van der Waals surface area contributed by atoms with Crippen LogP contribution in [0.3, 0.4) is 0 Å². The van der Waals surface area contributed by atoms with Gasteiger partial charge in [0, 0.05) is 26.7 Å². The molecular weight excluding hydrogens is 1010 g/mol. The van der Waals surface area contributed by atoms with Crippen LogP contribution in [0.5, 0.6) is 0 Å². The summed E-state index contributed by atoms with van der Waals surface area (Å²) in [6, 6.07) is 9.71. The largest absolute Gasteiger partial charge is 0.357 e. The average molecular weight is 1030 g/mol. The zero-order valence-electron chi connectivity index (χ0n) is 43.4. The lowest BCUT2D eigenvalue weighted by atomic mass is 9.47. The van der Waals surface area contributed by atoms with Crippen LogP contribution in [0, 0.1) is 0 Å². The lowest BCUT2D eigenvalue weighted by Gasteiger charge is -2.52. The first-order valence-corrected chi connectivity index (χ1v) is 30.1. The zero-order chi connectivity index (χ0) is 50.7. The maximum atomic E-state index is 4.73. The summed E-state index contributed by atoms with van der Waals surface area (Å²) in [6.07, 6.45) is 1.91. The van der Waals surface area contributed by atoms with Gasteiger partial charge < -0.3 is 10.6 Å². The van der Waals surface area contributed by atoms with Crippen molar-refractivity contribution < 1.29 is 0 Å². The molecule has 35 rings (SSSR count). The van der Waals surface area contributed by atoms with E-state index in [1.807, 2.05) is 20.3 Å². The van der Waals surface area contributed by atoms with Crippen molar-refractivity contribution in [2.45, 2.75) is 16.9 Å². The van der Waals surface area contributed by atoms with E-state index in [4.69, 9.17) is 5.10 Å². The molecule has 1 aromatic heterocycles. The number of aromatic nitrogens is 3. The summed E-state index contributed by atoms with van der Waals surface area (Å²) >= 11 is 0. The van der Waals surface area contributed by atoms with Crippen LogP contribution in [0.15, 0.2) is 29.4 Å². The van der Waals surface area contributed by atoms with Gasteiger partial charge in [-0.25, -0.2) is 5.43 Å². The minimum absolute atomic E-state index is 0.0625. The summed E-state index contributed by atoms with van der Waals surface area (Å²) < 4.78 is 0. The van der Waals surface area contributed by atoms with Gasteiger partial charge in [-0.1, -0.05) is 24.3 Å². The molecule has 0 bridgehead atoms. The fraction of sp³-hybridized carbons (Fsp3) is 0.0933. The standard InChI is InChI=1S/C75H20N8/c1-76-71-79-72(77-2)81-73(80-71)82-78-8-10-4-6-11(7-5-10)70-75-68-62-56-46-34-26-18-14-12-13-16-20(18)28(34)38-32-24(16)25-17(13)21-19-15(12)23-22(14)30-36(26)44-50-40(30)41-31(23)37-27(19)35-29(21)39-33(25)43-42(32)54(48(38)56)64(68)65-55(43)49(39)57-47(35)53-45(37)51(41)59-58(50)66(60(62)52(44)46)74(75,9-83(70)3)67(59)61(53)63(57)69(65)75/h4-8,70H,9H2,1-3H3,(H3,76,77,79,80,81,82)/b78-8+. The van der Waals surface area contributed by atoms with E-state index in [-0.39, 0.29) is 11.5 Å². The molecule has 1 saturated heterocycles. The van der Waals surface area contributed by atoms with Gasteiger partial charge in [0.05, 0.1) is 17.0 Å². The SMILES string of the molecule is CNc1nc(NC)nc(N/N=C/c2ccc(C3N(C)CC45c6c7c8c9c%10c%11c(c%12c%13c4c4c6c6c%14c7c7c8c8c%10c%10c%15c%11c%11c%12c%12c%13c%13c4c4c6c6c%14c%14c7c7c8c%10c8c%10c%15c%11c%11c%12c%12c%13c4c4c6c6c%14c7c8c7c%10c%11c%12c4c67)C935)cc2)n1. The van der Waals surface area contributed by atoms with Crippen LogP contribution in [-0.4, -0.2) is 53.8 Å². The first-order valence-electron chi connectivity index (χ1n) is 30.1. The lowest BCUT2D eigenvalue weighted by Crippen LogP contribution is -2.51. The minimum Gasteiger partial charge on any atom is -0.357 e. The van der Waals surface area contributed by atoms with Gasteiger partial charge in [0.15, 0.2) is 0 Å². The van der Waals surface area contributed by atoms with E-state index in [9.17, 15) is 0 Å². The summed E-state index contributed by atoms with van der Waals surface area (Å²) in [5, 5.41) is 99.6. The van der Waals surface area contributed by atoms with Gasteiger partial charge in [0.25, 0.3) is 0 Å². The zero-order valence-corrected chi connectivity index (χ0v) is 43.4. The first-order chi connectivity index (χ1) is 41.2. The molecule has 0 saturated carbocycles. The van der Waals surface area contributed by atoms with Crippen molar-refractivity contribution in [1.29, 1.82) is 0 Å². The molecule has 1 aliphatic heterocycles. The normalized spacial score (nSPS) is 22.0. The van der Waals surface area contributed by atoms with E-state index in [1.165, 1.54) is 5.56 Å². The highest BCUT2D eigenvalue weighted by molar-refractivity contribution is 6.82. The van der Waals surface area contributed by atoms with Crippen molar-refractivity contribution in [1.82, 2.24) is 19.9 Å². The van der Waals surface area contributed by atoms with Crippen molar-refractivity contribution in [3.05, 3.63) is 57.6 Å². The topological polar surface area (TPSA) is 90.4 Å². The predicted octanol–water partition coefficient (Wildman–Crippen LogP) is 17.7. The van der Waals surface area contributed by atoms with Crippen LogP contribution in [0.1, 0.15) is 39.4 Å². The minimum atomic E-state index is -0.404. The number of hydrogen-bond acceptors (Lipinski definition) is 8. The number of hydrazone groups is 1. The van der Waals surface area contributed by atoms with Crippen LogP contribution in [0.4, 0.5) is 17.8 Å². The van der Waals surface area contributed by atoms with Crippen molar-refractivity contribution in [2.75, 3.05) is 43.7 Å². The molecule has 1 fully saturated rings. The Morgan fingerprint density at radius 2 is 0.590 bits per heavy atom. The fourth-order valence-corrected chi connectivity index (χ4v) is 27.1. The van der Waals surface area contributed by atoms with Crippen LogP contribution >= 0.6 is 0 Å². The van der Waals surface area contributed by atoms with Crippen molar-refractivity contribution in [2.24, 2.45) is 5.10 Å². The Hall–Kier alpha value is -10.3. The Balaban J connectivity index is 0.895. The van der Waals surface area contributed by atoms with Crippen LogP contribution in [0.2, 0.25) is 0 Å². The molecule has 5 aliphatic rings. The number of likely N-dealkylation sites (N-methyl/N-ethyl adjacent to an activating group) is 1. The van der Waals surface area contributed by atoms with Crippen molar-refractivity contribution >= 4 is 315 Å². The third kappa shape index (κ3) is 2.04. The van der Waals surface area contributed by atoms with Crippen LogP contribution in [0.25, 0.3) is 291 Å². The number of likely N-dealkylation sites (tertiary alicyclic amines) is 1. The van der Waals surface area contributed by atoms with E-state index < -0.39 is 5.41 Å². The van der Waals surface area contributed by atoms with E-state index >= 15 is 0 Å². The van der Waals surface area contributed by atoms with Gasteiger partial charge in [0.1, 0.15) is 0 Å². The smallest absolute Gasteiger partial charge is 0.250 e. The Morgan fingerprint density at radius 3 is 0.855 bits per heavy atom. The molecule has 0 radical (unpaired) electrons. The van der Waals surface area contributed by atoms with Gasteiger partial charge in [0.2, 0.25) is 17.8 Å². The summed E-state index contributed by atoms with van der Waals surface area (Å²) in [6.45, 7) is 0.982. The molecule has 8 nitrogen and oxygen atoms in total. The van der Waals surface area contributed by atoms with Crippen LogP contribution in [-0.2, 0) is 10.8 Å². The number of benzene rings is 19. The molecule has 360 valence electrons. The number of nitrogens with one attached hydrogen (secondary N) is 3. The van der Waals surface area contributed by atoms with Gasteiger partial charge >= 0.3 is 0 Å². The van der Waals surface area contributed by atoms with Crippen molar-refractivity contribution in [3.8, 4) is 0 Å². The van der Waals surface area contributed by atoms with Gasteiger partial charge in [-0.3, -0.25) is 4.90 Å². The summed E-state index contributed by atoms with van der Waals surface area (Å²) in [7, 11) is 6.17. The summed E-state index contributed by atoms with van der Waals surface area (Å²) in [5.74, 6) is 1.34. The molecule has 1 unspecified atom stereocenters. The second-order valence-electron chi connectivity index (χ2n) is 28.6. The fourth-order valence-electron chi connectivity index (χ4n) is 27.1. The molecule has 30 aromatic rings. The second kappa shape index (κ2) is 8.16. The van der Waals surface area contributed by atoms with E-state index in [0.29, 0.717) is 17.8 Å². The second-order valence-corrected chi connectivity index (χ2v) is 28.6. The third-order valence-corrected chi connectivity index (χ3v) is 27.6. The maximum Gasteiger partial charge on any atom is 0.250 e. The molecule has 8 heteroatoms. The summed E-state index contributed by atoms with van der Waals surface area (Å²) in [4.78, 5) is 16.4. The highest BCUT2D eigenvalue weighted by Crippen LogP contribution is 2.87. The van der Waals surface area contributed by atoms with Crippen LogP contribution < -0.4 is 16.1 Å². The predicted molar refractivity (Wildman–Crippen MR) is 346 cm³/mol.